The molecule has 1 aliphatic carbocycles. The highest BCUT2D eigenvalue weighted by Gasteiger charge is 2.78. The van der Waals surface area contributed by atoms with Gasteiger partial charge in [0.1, 0.15) is 29.1 Å². The van der Waals surface area contributed by atoms with E-state index in [-0.39, 0.29) is 17.1 Å². The van der Waals surface area contributed by atoms with Crippen molar-refractivity contribution in [1.29, 1.82) is 0 Å². The van der Waals surface area contributed by atoms with E-state index in [1.165, 1.54) is 35.4 Å². The maximum atomic E-state index is 13.9. The number of fused-ring (bicyclic) bond motifs is 3. The van der Waals surface area contributed by atoms with Gasteiger partial charge in [-0.05, 0) is 23.3 Å². The van der Waals surface area contributed by atoms with E-state index in [1.807, 2.05) is 0 Å². The Morgan fingerprint density at radius 3 is 2.15 bits per heavy atom. The first-order valence-electron chi connectivity index (χ1n) is 12.8. The van der Waals surface area contributed by atoms with Gasteiger partial charge in [-0.3, -0.25) is 4.79 Å². The number of rotatable bonds is 8. The zero-order valence-electron chi connectivity index (χ0n) is 23.2. The van der Waals surface area contributed by atoms with Crippen LogP contribution < -0.4 is 23.7 Å². The van der Waals surface area contributed by atoms with Crippen LogP contribution in [0.2, 0.25) is 0 Å². The SMILES string of the molecule is COc1ccc([C@@]23Oc4cc(OC)cc(OC)c4[C@]2(O)[C@H](O)[C@H](C(=O)NS(=O)(=O)N(C)C)[C@H]3c2ccccc2)cc1. The van der Waals surface area contributed by atoms with Gasteiger partial charge in [-0.25, -0.2) is 4.72 Å². The van der Waals surface area contributed by atoms with Crippen LogP contribution in [0.5, 0.6) is 23.0 Å². The fraction of sp³-hybridized carbons (Fsp3) is 0.345. The van der Waals surface area contributed by atoms with Crippen LogP contribution in [0.1, 0.15) is 22.6 Å². The van der Waals surface area contributed by atoms with Crippen LogP contribution in [0.3, 0.4) is 0 Å². The molecule has 0 bridgehead atoms. The molecule has 3 aromatic carbocycles. The molecule has 0 saturated heterocycles. The van der Waals surface area contributed by atoms with Crippen molar-refractivity contribution >= 4 is 16.1 Å². The van der Waals surface area contributed by atoms with Gasteiger partial charge in [0.15, 0.2) is 11.2 Å². The number of hydrogen-bond acceptors (Lipinski definition) is 9. The van der Waals surface area contributed by atoms with Crippen molar-refractivity contribution in [2.24, 2.45) is 5.92 Å². The Labute approximate surface area is 238 Å². The predicted molar refractivity (Wildman–Crippen MR) is 148 cm³/mol. The zero-order chi connectivity index (χ0) is 29.7. The summed E-state index contributed by atoms with van der Waals surface area (Å²) in [7, 11) is 2.69. The number of nitrogens with zero attached hydrogens (tertiary/aromatic N) is 1. The molecule has 0 aromatic heterocycles. The minimum atomic E-state index is -4.24. The summed E-state index contributed by atoms with van der Waals surface area (Å²) in [6, 6.07) is 18.6. The molecule has 3 N–H and O–H groups in total. The van der Waals surface area contributed by atoms with Gasteiger partial charge in [-0.2, -0.15) is 12.7 Å². The topological polar surface area (TPSA) is 144 Å². The van der Waals surface area contributed by atoms with E-state index >= 15 is 0 Å². The standard InChI is InChI=1S/C29H32N2O9S/c1-31(2)41(35,36)30-27(33)23-24(17-9-7-6-8-10-17)29(18-11-13-19(37-3)14-12-18)28(34,26(23)32)25-21(39-5)15-20(38-4)16-22(25)40-29/h6-16,23-24,26,32,34H,1-5H3,(H,30,33)/t23-,24-,26-,28+,29+/m1/s1. The number of aliphatic hydroxyl groups is 2. The molecule has 3 aromatic rings. The monoisotopic (exact) mass is 584 g/mol. The number of ether oxygens (including phenoxy) is 4. The molecule has 1 heterocycles. The zero-order valence-corrected chi connectivity index (χ0v) is 24.0. The normalized spacial score (nSPS) is 26.6. The van der Waals surface area contributed by atoms with Crippen molar-refractivity contribution in [2.45, 2.75) is 23.2 Å². The van der Waals surface area contributed by atoms with Crippen LogP contribution in [-0.4, -0.2) is 70.4 Å². The summed E-state index contributed by atoms with van der Waals surface area (Å²) in [6.45, 7) is 0. The summed E-state index contributed by atoms with van der Waals surface area (Å²) in [5.74, 6) is -2.33. The summed E-state index contributed by atoms with van der Waals surface area (Å²) in [4.78, 5) is 13.9. The van der Waals surface area contributed by atoms with Crippen molar-refractivity contribution in [3.63, 3.8) is 0 Å². The largest absolute Gasteiger partial charge is 0.497 e. The Kier molecular flexibility index (Phi) is 7.14. The summed E-state index contributed by atoms with van der Waals surface area (Å²) in [6.07, 6.45) is -1.85. The van der Waals surface area contributed by atoms with Gasteiger partial charge >= 0.3 is 10.2 Å². The highest BCUT2D eigenvalue weighted by molar-refractivity contribution is 7.87. The minimum absolute atomic E-state index is 0.107. The second kappa shape index (κ2) is 10.2. The smallest absolute Gasteiger partial charge is 0.303 e. The quantitative estimate of drug-likeness (QED) is 0.362. The lowest BCUT2D eigenvalue weighted by Gasteiger charge is -2.40. The van der Waals surface area contributed by atoms with Gasteiger partial charge in [0, 0.05) is 32.1 Å². The predicted octanol–water partition coefficient (Wildman–Crippen LogP) is 1.88. The molecular weight excluding hydrogens is 552 g/mol. The second-order valence-electron chi connectivity index (χ2n) is 10.1. The van der Waals surface area contributed by atoms with Gasteiger partial charge in [-0.1, -0.05) is 42.5 Å². The molecule has 1 fully saturated rings. The number of amides is 1. The average molecular weight is 585 g/mol. The summed E-state index contributed by atoms with van der Waals surface area (Å²) in [5, 5.41) is 24.9. The van der Waals surface area contributed by atoms with E-state index in [4.69, 9.17) is 18.9 Å². The number of carbonyl (C=O) groups is 1. The summed E-state index contributed by atoms with van der Waals surface area (Å²) in [5.41, 5.74) is -3.07. The number of carbonyl (C=O) groups excluding carboxylic acids is 1. The van der Waals surface area contributed by atoms with Crippen LogP contribution in [0, 0.1) is 5.92 Å². The van der Waals surface area contributed by atoms with E-state index in [0.29, 0.717) is 22.6 Å². The first kappa shape index (κ1) is 28.7. The highest BCUT2D eigenvalue weighted by Crippen LogP contribution is 2.70. The van der Waals surface area contributed by atoms with E-state index in [1.54, 1.807) is 66.7 Å². The van der Waals surface area contributed by atoms with E-state index in [2.05, 4.69) is 4.72 Å². The fourth-order valence-electron chi connectivity index (χ4n) is 6.08. The first-order chi connectivity index (χ1) is 19.5. The van der Waals surface area contributed by atoms with Crippen LogP contribution in [0.15, 0.2) is 66.7 Å². The Bertz CT molecular complexity index is 1560. The molecule has 218 valence electrons. The lowest BCUT2D eigenvalue weighted by Crippen LogP contribution is -2.52. The third kappa shape index (κ3) is 4.12. The molecule has 11 nitrogen and oxygen atoms in total. The Hall–Kier alpha value is -3.84. The minimum Gasteiger partial charge on any atom is -0.497 e. The van der Waals surface area contributed by atoms with Crippen LogP contribution in [0.25, 0.3) is 0 Å². The van der Waals surface area contributed by atoms with Crippen molar-refractivity contribution < 1.29 is 42.4 Å². The third-order valence-electron chi connectivity index (χ3n) is 7.97. The number of hydrogen-bond donors (Lipinski definition) is 3. The van der Waals surface area contributed by atoms with Gasteiger partial charge in [-0.15, -0.1) is 0 Å². The number of nitrogens with one attached hydrogen (secondary N) is 1. The molecular formula is C29H32N2O9S. The average Bonchev–Trinajstić information content (AvgIpc) is 3.35. The van der Waals surface area contributed by atoms with Crippen LogP contribution in [0.4, 0.5) is 0 Å². The van der Waals surface area contributed by atoms with Gasteiger partial charge in [0.05, 0.1) is 32.8 Å². The van der Waals surface area contributed by atoms with E-state index < -0.39 is 45.3 Å². The van der Waals surface area contributed by atoms with Crippen molar-refractivity contribution in [3.05, 3.63) is 83.4 Å². The molecule has 5 atom stereocenters. The first-order valence-corrected chi connectivity index (χ1v) is 14.2. The molecule has 1 aliphatic heterocycles. The molecule has 0 unspecified atom stereocenters. The van der Waals surface area contributed by atoms with Gasteiger partial charge < -0.3 is 29.2 Å². The van der Waals surface area contributed by atoms with Crippen molar-refractivity contribution in [2.75, 3.05) is 35.4 Å². The van der Waals surface area contributed by atoms with Gasteiger partial charge in [0.25, 0.3) is 0 Å². The fourth-order valence-corrected chi connectivity index (χ4v) is 6.65. The van der Waals surface area contributed by atoms with Crippen LogP contribution >= 0.6 is 0 Å². The highest BCUT2D eigenvalue weighted by atomic mass is 32.2. The number of benzene rings is 3. The molecule has 12 heteroatoms. The molecule has 41 heavy (non-hydrogen) atoms. The Morgan fingerprint density at radius 2 is 1.59 bits per heavy atom. The number of methoxy groups -OCH3 is 3. The third-order valence-corrected chi connectivity index (χ3v) is 9.39. The molecule has 1 saturated carbocycles. The van der Waals surface area contributed by atoms with Crippen molar-refractivity contribution in [3.8, 4) is 23.0 Å². The Morgan fingerprint density at radius 1 is 0.951 bits per heavy atom. The second-order valence-corrected chi connectivity index (χ2v) is 12.0. The molecule has 1 amide bonds. The Balaban J connectivity index is 1.84. The van der Waals surface area contributed by atoms with Crippen molar-refractivity contribution in [1.82, 2.24) is 9.03 Å². The van der Waals surface area contributed by atoms with E-state index in [9.17, 15) is 23.4 Å². The maximum Gasteiger partial charge on any atom is 0.303 e. The molecule has 0 radical (unpaired) electrons. The lowest BCUT2D eigenvalue weighted by molar-refractivity contribution is -0.154. The molecule has 0 spiro atoms. The maximum absolute atomic E-state index is 13.9. The van der Waals surface area contributed by atoms with E-state index in [0.717, 1.165) is 4.31 Å². The summed E-state index contributed by atoms with van der Waals surface area (Å²) < 4.78 is 51.5. The lowest BCUT2D eigenvalue weighted by atomic mass is 9.70. The number of aliphatic hydroxyl groups excluding tert-OH is 1. The summed E-state index contributed by atoms with van der Waals surface area (Å²) >= 11 is 0. The van der Waals surface area contributed by atoms with Gasteiger partial charge in [0.2, 0.25) is 5.91 Å². The molecule has 5 rings (SSSR count). The van der Waals surface area contributed by atoms with Crippen LogP contribution in [-0.2, 0) is 26.2 Å². The molecule has 2 aliphatic rings.